The van der Waals surface area contributed by atoms with Gasteiger partial charge in [-0.25, -0.2) is 13.2 Å². The van der Waals surface area contributed by atoms with Gasteiger partial charge in [0.05, 0.1) is 24.8 Å². The van der Waals surface area contributed by atoms with Gasteiger partial charge in [0, 0.05) is 18.7 Å². The minimum Gasteiger partial charge on any atom is -0.395 e. The van der Waals surface area contributed by atoms with Gasteiger partial charge in [-0.15, -0.1) is 0 Å². The molecule has 0 unspecified atom stereocenters. The molecule has 0 radical (unpaired) electrons. The predicted molar refractivity (Wildman–Crippen MR) is 59.5 cm³/mol. The molecule has 0 heterocycles. The van der Waals surface area contributed by atoms with Gasteiger partial charge in [-0.05, 0) is 18.2 Å². The molecule has 0 aliphatic carbocycles. The number of alkyl halides is 2. The van der Waals surface area contributed by atoms with Crippen molar-refractivity contribution in [2.24, 2.45) is 0 Å². The Morgan fingerprint density at radius 2 is 2.11 bits per heavy atom. The maximum absolute atomic E-state index is 13.5. The van der Waals surface area contributed by atoms with E-state index in [9.17, 15) is 13.2 Å². The lowest BCUT2D eigenvalue weighted by Crippen LogP contribution is -2.31. The van der Waals surface area contributed by atoms with Crippen molar-refractivity contribution in [1.82, 2.24) is 4.90 Å². The quantitative estimate of drug-likeness (QED) is 0.845. The van der Waals surface area contributed by atoms with Gasteiger partial charge in [-0.3, -0.25) is 4.90 Å². The van der Waals surface area contributed by atoms with E-state index in [-0.39, 0.29) is 30.8 Å². The SMILES string of the molecule is N#Cc1ccc(F)c(CN(CCO)CC(F)F)c1. The summed E-state index contributed by atoms with van der Waals surface area (Å²) in [6.45, 7) is -0.865. The molecular formula is C12H13F3N2O. The summed E-state index contributed by atoms with van der Waals surface area (Å²) in [6.07, 6.45) is -2.56. The Morgan fingerprint density at radius 3 is 2.67 bits per heavy atom. The third-order valence-electron chi connectivity index (χ3n) is 2.38. The number of aliphatic hydroxyl groups excluding tert-OH is 1. The van der Waals surface area contributed by atoms with E-state index < -0.39 is 18.8 Å². The second kappa shape index (κ2) is 6.99. The highest BCUT2D eigenvalue weighted by atomic mass is 19.3. The smallest absolute Gasteiger partial charge is 0.251 e. The minimum atomic E-state index is -2.56. The standard InChI is InChI=1S/C12H13F3N2O/c13-11-2-1-9(6-16)5-10(11)7-17(3-4-18)8-12(14)15/h1-2,5,12,18H,3-4,7-8H2. The van der Waals surface area contributed by atoms with Crippen molar-refractivity contribution in [2.75, 3.05) is 19.7 Å². The molecule has 6 heteroatoms. The maximum Gasteiger partial charge on any atom is 0.251 e. The van der Waals surface area contributed by atoms with E-state index in [1.165, 1.54) is 17.0 Å². The molecule has 0 aliphatic heterocycles. The number of halogens is 3. The highest BCUT2D eigenvalue weighted by Crippen LogP contribution is 2.13. The molecule has 0 atom stereocenters. The summed E-state index contributed by atoms with van der Waals surface area (Å²) in [4.78, 5) is 1.24. The number of rotatable bonds is 6. The Kier molecular flexibility index (Phi) is 5.62. The second-order valence-corrected chi connectivity index (χ2v) is 3.77. The van der Waals surface area contributed by atoms with Crippen LogP contribution in [0, 0.1) is 17.1 Å². The van der Waals surface area contributed by atoms with Gasteiger partial charge in [0.1, 0.15) is 5.82 Å². The molecule has 0 fully saturated rings. The largest absolute Gasteiger partial charge is 0.395 e. The van der Waals surface area contributed by atoms with Crippen molar-refractivity contribution in [2.45, 2.75) is 13.0 Å². The van der Waals surface area contributed by atoms with E-state index >= 15 is 0 Å². The highest BCUT2D eigenvalue weighted by molar-refractivity contribution is 5.33. The fourth-order valence-corrected chi connectivity index (χ4v) is 1.58. The van der Waals surface area contributed by atoms with Crippen LogP contribution in [0.25, 0.3) is 0 Å². The Labute approximate surface area is 103 Å². The molecule has 0 aliphatic rings. The van der Waals surface area contributed by atoms with Gasteiger partial charge in [-0.2, -0.15) is 5.26 Å². The lowest BCUT2D eigenvalue weighted by molar-refractivity contribution is 0.0741. The van der Waals surface area contributed by atoms with Gasteiger partial charge in [-0.1, -0.05) is 0 Å². The van der Waals surface area contributed by atoms with Crippen molar-refractivity contribution in [3.63, 3.8) is 0 Å². The van der Waals surface area contributed by atoms with Gasteiger partial charge in [0.2, 0.25) is 0 Å². The first-order valence-corrected chi connectivity index (χ1v) is 5.36. The number of hydrogen-bond donors (Lipinski definition) is 1. The third kappa shape index (κ3) is 4.35. The second-order valence-electron chi connectivity index (χ2n) is 3.77. The van der Waals surface area contributed by atoms with E-state index in [1.54, 1.807) is 0 Å². The number of aliphatic hydroxyl groups is 1. The monoisotopic (exact) mass is 258 g/mol. The lowest BCUT2D eigenvalue weighted by atomic mass is 10.1. The fraction of sp³-hybridized carbons (Fsp3) is 0.417. The Bertz CT molecular complexity index is 432. The molecule has 18 heavy (non-hydrogen) atoms. The van der Waals surface area contributed by atoms with E-state index in [1.807, 2.05) is 6.07 Å². The Balaban J connectivity index is 2.82. The van der Waals surface area contributed by atoms with Crippen LogP contribution in [0.3, 0.4) is 0 Å². The summed E-state index contributed by atoms with van der Waals surface area (Å²) >= 11 is 0. The van der Waals surface area contributed by atoms with Gasteiger partial charge >= 0.3 is 0 Å². The molecule has 1 N–H and O–H groups in total. The molecule has 0 spiro atoms. The van der Waals surface area contributed by atoms with E-state index in [0.29, 0.717) is 0 Å². The molecule has 1 aromatic carbocycles. The topological polar surface area (TPSA) is 47.3 Å². The molecule has 0 amide bonds. The predicted octanol–water partition coefficient (Wildman–Crippen LogP) is 1.76. The van der Waals surface area contributed by atoms with Gasteiger partial charge in [0.15, 0.2) is 0 Å². The molecule has 1 aromatic rings. The van der Waals surface area contributed by atoms with E-state index in [0.717, 1.165) is 6.07 Å². The summed E-state index contributed by atoms with van der Waals surface area (Å²) in [5.41, 5.74) is 0.440. The summed E-state index contributed by atoms with van der Waals surface area (Å²) in [7, 11) is 0. The van der Waals surface area contributed by atoms with Crippen LogP contribution in [0.2, 0.25) is 0 Å². The van der Waals surface area contributed by atoms with Crippen LogP contribution in [0.1, 0.15) is 11.1 Å². The molecule has 3 nitrogen and oxygen atoms in total. The number of nitriles is 1. The zero-order chi connectivity index (χ0) is 13.5. The maximum atomic E-state index is 13.5. The van der Waals surface area contributed by atoms with Crippen molar-refractivity contribution in [3.8, 4) is 6.07 Å². The number of benzene rings is 1. The van der Waals surface area contributed by atoms with E-state index in [2.05, 4.69) is 0 Å². The van der Waals surface area contributed by atoms with Crippen molar-refractivity contribution in [3.05, 3.63) is 35.1 Å². The molecule has 0 aromatic heterocycles. The molecular weight excluding hydrogens is 245 g/mol. The van der Waals surface area contributed by atoms with Crippen LogP contribution in [-0.4, -0.2) is 36.1 Å². The normalized spacial score (nSPS) is 10.9. The van der Waals surface area contributed by atoms with Crippen molar-refractivity contribution in [1.29, 1.82) is 5.26 Å². The third-order valence-corrected chi connectivity index (χ3v) is 2.38. The van der Waals surface area contributed by atoms with Crippen LogP contribution in [0.15, 0.2) is 18.2 Å². The average Bonchev–Trinajstić information content (AvgIpc) is 2.31. The molecule has 0 bridgehead atoms. The molecule has 0 saturated carbocycles. The van der Waals surface area contributed by atoms with Crippen LogP contribution in [0.4, 0.5) is 13.2 Å². The number of nitrogens with zero attached hydrogens (tertiary/aromatic N) is 2. The first-order valence-electron chi connectivity index (χ1n) is 5.36. The average molecular weight is 258 g/mol. The van der Waals surface area contributed by atoms with E-state index in [4.69, 9.17) is 10.4 Å². The Hall–Kier alpha value is -1.58. The van der Waals surface area contributed by atoms with Gasteiger partial charge < -0.3 is 5.11 Å². The first-order chi connectivity index (χ1) is 8.56. The number of hydrogen-bond acceptors (Lipinski definition) is 3. The van der Waals surface area contributed by atoms with Crippen molar-refractivity contribution >= 4 is 0 Å². The summed E-state index contributed by atoms with van der Waals surface area (Å²) in [6, 6.07) is 5.64. The van der Waals surface area contributed by atoms with Gasteiger partial charge in [0.25, 0.3) is 6.43 Å². The zero-order valence-corrected chi connectivity index (χ0v) is 9.61. The van der Waals surface area contributed by atoms with Crippen LogP contribution in [0.5, 0.6) is 0 Å². The first kappa shape index (κ1) is 14.5. The zero-order valence-electron chi connectivity index (χ0n) is 9.61. The summed E-state index contributed by atoms with van der Waals surface area (Å²) in [5.74, 6) is -0.550. The fourth-order valence-electron chi connectivity index (χ4n) is 1.58. The lowest BCUT2D eigenvalue weighted by Gasteiger charge is -2.21. The van der Waals surface area contributed by atoms with Crippen molar-refractivity contribution < 1.29 is 18.3 Å². The van der Waals surface area contributed by atoms with Crippen LogP contribution >= 0.6 is 0 Å². The van der Waals surface area contributed by atoms with Crippen LogP contribution < -0.4 is 0 Å². The summed E-state index contributed by atoms with van der Waals surface area (Å²) < 4.78 is 38.0. The molecule has 98 valence electrons. The molecule has 0 saturated heterocycles. The Morgan fingerprint density at radius 1 is 1.39 bits per heavy atom. The highest BCUT2D eigenvalue weighted by Gasteiger charge is 2.14. The van der Waals surface area contributed by atoms with Crippen LogP contribution in [-0.2, 0) is 6.54 Å². The minimum absolute atomic E-state index is 0.0283. The molecule has 1 rings (SSSR count). The summed E-state index contributed by atoms with van der Waals surface area (Å²) in [5, 5.41) is 17.5.